The van der Waals surface area contributed by atoms with Crippen molar-refractivity contribution in [2.24, 2.45) is 0 Å². The van der Waals surface area contributed by atoms with Crippen LogP contribution in [0.4, 0.5) is 5.13 Å². The Morgan fingerprint density at radius 1 is 1.18 bits per heavy atom. The molecule has 0 spiro atoms. The van der Waals surface area contributed by atoms with E-state index in [1.165, 1.54) is 17.4 Å². The number of para-hydroxylation sites is 1. The highest BCUT2D eigenvalue weighted by Crippen LogP contribution is 2.35. The Hall–Kier alpha value is -1.69. The molecule has 7 nitrogen and oxygen atoms in total. The zero-order chi connectivity index (χ0) is 23.4. The number of sulfone groups is 1. The van der Waals surface area contributed by atoms with Crippen molar-refractivity contribution in [1.82, 2.24) is 9.88 Å². The summed E-state index contributed by atoms with van der Waals surface area (Å²) in [6.07, 6.45) is 2.00. The van der Waals surface area contributed by atoms with Gasteiger partial charge in [-0.3, -0.25) is 14.6 Å². The summed E-state index contributed by atoms with van der Waals surface area (Å²) in [4.78, 5) is 23.6. The van der Waals surface area contributed by atoms with Gasteiger partial charge in [0.25, 0.3) is 5.91 Å². The zero-order valence-corrected chi connectivity index (χ0v) is 22.4. The molecule has 0 radical (unpaired) electrons. The van der Waals surface area contributed by atoms with E-state index in [1.807, 2.05) is 24.5 Å². The lowest BCUT2D eigenvalue weighted by atomic mass is 10.2. The minimum Gasteiger partial charge on any atom is -0.379 e. The second-order valence-electron chi connectivity index (χ2n) is 7.61. The van der Waals surface area contributed by atoms with Gasteiger partial charge in [0, 0.05) is 31.1 Å². The molecule has 1 aromatic heterocycles. The number of hydrogen-bond donors (Lipinski definition) is 0. The first-order valence-electron chi connectivity index (χ1n) is 10.8. The number of rotatable bonds is 8. The topological polar surface area (TPSA) is 79.8 Å². The summed E-state index contributed by atoms with van der Waals surface area (Å²) >= 11 is 3.06. The summed E-state index contributed by atoms with van der Waals surface area (Å²) in [6, 6.07) is 12.4. The Balaban J connectivity index is 0.00000324. The number of nitrogens with zero attached hydrogens (tertiary/aromatic N) is 3. The molecule has 1 saturated heterocycles. The highest BCUT2D eigenvalue weighted by atomic mass is 35.5. The highest BCUT2D eigenvalue weighted by Gasteiger charge is 2.28. The van der Waals surface area contributed by atoms with Crippen LogP contribution in [0, 0.1) is 0 Å². The number of amides is 1. The van der Waals surface area contributed by atoms with Crippen LogP contribution in [0.1, 0.15) is 17.3 Å². The van der Waals surface area contributed by atoms with Crippen LogP contribution in [-0.4, -0.2) is 75.6 Å². The molecule has 0 N–H and O–H groups in total. The van der Waals surface area contributed by atoms with Crippen molar-refractivity contribution >= 4 is 66.6 Å². The summed E-state index contributed by atoms with van der Waals surface area (Å²) in [7, 11) is -3.56. The maximum absolute atomic E-state index is 13.8. The van der Waals surface area contributed by atoms with E-state index in [0.717, 1.165) is 28.2 Å². The van der Waals surface area contributed by atoms with Crippen LogP contribution in [-0.2, 0) is 14.6 Å². The van der Waals surface area contributed by atoms with Crippen molar-refractivity contribution in [1.29, 1.82) is 0 Å². The molecule has 0 aliphatic carbocycles. The van der Waals surface area contributed by atoms with Gasteiger partial charge in [-0.25, -0.2) is 13.4 Å². The standard InChI is InChI=1S/C23H27N3O4S3.ClH/c1-3-33(28,29)20-10-5-4-7-17(20)22(27)26(12-11-25-13-15-30-16-14-25)23-24-21-18(31-2)8-6-9-19(21)32-23;/h4-10H,3,11-16H2,1-2H3;1H. The summed E-state index contributed by atoms with van der Waals surface area (Å²) in [5.74, 6) is -0.413. The molecule has 1 amide bonds. The van der Waals surface area contributed by atoms with Gasteiger partial charge in [-0.05, 0) is 30.5 Å². The van der Waals surface area contributed by atoms with Crippen LogP contribution in [0.2, 0.25) is 0 Å². The zero-order valence-electron chi connectivity index (χ0n) is 19.1. The summed E-state index contributed by atoms with van der Waals surface area (Å²) in [5.41, 5.74) is 1.05. The monoisotopic (exact) mass is 541 g/mol. The Labute approximate surface area is 214 Å². The van der Waals surface area contributed by atoms with Crippen LogP contribution in [0.3, 0.4) is 0 Å². The van der Waals surface area contributed by atoms with Crippen LogP contribution in [0.5, 0.6) is 0 Å². The molecule has 1 fully saturated rings. The summed E-state index contributed by atoms with van der Waals surface area (Å²) < 4.78 is 31.8. The van der Waals surface area contributed by atoms with Crippen LogP contribution in [0.15, 0.2) is 52.3 Å². The Morgan fingerprint density at radius 2 is 1.91 bits per heavy atom. The fraction of sp³-hybridized carbons (Fsp3) is 0.391. The summed E-state index contributed by atoms with van der Waals surface area (Å²) in [6.45, 7) is 5.60. The van der Waals surface area contributed by atoms with Crippen LogP contribution in [0.25, 0.3) is 10.2 Å². The number of ether oxygens (including phenoxy) is 1. The Morgan fingerprint density at radius 3 is 2.62 bits per heavy atom. The first-order valence-corrected chi connectivity index (χ1v) is 14.5. The van der Waals surface area contributed by atoms with Crippen molar-refractivity contribution in [3.8, 4) is 0 Å². The van der Waals surface area contributed by atoms with Gasteiger partial charge in [0.2, 0.25) is 0 Å². The molecule has 34 heavy (non-hydrogen) atoms. The maximum Gasteiger partial charge on any atom is 0.261 e. The molecule has 1 aliphatic rings. The predicted molar refractivity (Wildman–Crippen MR) is 142 cm³/mol. The number of anilines is 1. The van der Waals surface area contributed by atoms with Crippen molar-refractivity contribution in [2.45, 2.75) is 16.7 Å². The third-order valence-electron chi connectivity index (χ3n) is 5.64. The second kappa shape index (κ2) is 11.8. The molecular weight excluding hydrogens is 514 g/mol. The minimum absolute atomic E-state index is 0. The number of halogens is 1. The number of benzene rings is 2. The van der Waals surface area contributed by atoms with Crippen molar-refractivity contribution in [3.05, 3.63) is 48.0 Å². The largest absolute Gasteiger partial charge is 0.379 e. The van der Waals surface area contributed by atoms with E-state index in [1.54, 1.807) is 41.8 Å². The van der Waals surface area contributed by atoms with Crippen LogP contribution >= 0.6 is 35.5 Å². The minimum atomic E-state index is -3.56. The van der Waals surface area contributed by atoms with E-state index in [2.05, 4.69) is 4.90 Å². The third-order valence-corrected chi connectivity index (χ3v) is 9.24. The molecule has 0 unspecified atom stereocenters. The molecule has 2 aromatic carbocycles. The number of carbonyl (C=O) groups excluding carboxylic acids is 1. The number of fused-ring (bicyclic) bond motifs is 1. The third kappa shape index (κ3) is 5.75. The lowest BCUT2D eigenvalue weighted by Crippen LogP contribution is -2.43. The predicted octanol–water partition coefficient (Wildman–Crippen LogP) is 4.21. The number of aromatic nitrogens is 1. The SMILES string of the molecule is CCS(=O)(=O)c1ccccc1C(=O)N(CCN1CCOCC1)c1nc2c(SC)cccc2s1.Cl. The number of morpholine rings is 1. The van der Waals surface area contributed by atoms with E-state index in [0.29, 0.717) is 31.4 Å². The van der Waals surface area contributed by atoms with Gasteiger partial charge in [0.05, 0.1) is 39.6 Å². The van der Waals surface area contributed by atoms with Gasteiger partial charge in [0.15, 0.2) is 15.0 Å². The first kappa shape index (κ1) is 26.9. The van der Waals surface area contributed by atoms with Crippen molar-refractivity contribution in [2.75, 3.05) is 56.3 Å². The van der Waals surface area contributed by atoms with E-state index >= 15 is 0 Å². The number of hydrogen-bond acceptors (Lipinski definition) is 8. The van der Waals surface area contributed by atoms with Gasteiger partial charge >= 0.3 is 0 Å². The second-order valence-corrected chi connectivity index (χ2v) is 11.7. The van der Waals surface area contributed by atoms with Gasteiger partial charge in [-0.1, -0.05) is 36.5 Å². The molecule has 0 bridgehead atoms. The van der Waals surface area contributed by atoms with Crippen LogP contribution < -0.4 is 4.90 Å². The van der Waals surface area contributed by atoms with E-state index < -0.39 is 9.84 Å². The van der Waals surface area contributed by atoms with E-state index in [4.69, 9.17) is 9.72 Å². The normalized spacial score (nSPS) is 14.6. The smallest absolute Gasteiger partial charge is 0.261 e. The molecule has 0 saturated carbocycles. The molecule has 11 heteroatoms. The molecule has 184 valence electrons. The maximum atomic E-state index is 13.8. The number of thiazole rings is 1. The average molecular weight is 542 g/mol. The van der Waals surface area contributed by atoms with Gasteiger partial charge < -0.3 is 4.74 Å². The van der Waals surface area contributed by atoms with Crippen molar-refractivity contribution < 1.29 is 17.9 Å². The average Bonchev–Trinajstić information content (AvgIpc) is 3.28. The van der Waals surface area contributed by atoms with Gasteiger partial charge in [-0.2, -0.15) is 0 Å². The lowest BCUT2D eigenvalue weighted by molar-refractivity contribution is 0.0391. The number of carbonyl (C=O) groups is 1. The first-order chi connectivity index (χ1) is 15.9. The number of thioether (sulfide) groups is 1. The lowest BCUT2D eigenvalue weighted by Gasteiger charge is -2.29. The quantitative estimate of drug-likeness (QED) is 0.395. The molecule has 3 aromatic rings. The fourth-order valence-electron chi connectivity index (χ4n) is 3.76. The Kier molecular flexibility index (Phi) is 9.36. The molecule has 4 rings (SSSR count). The molecule has 1 aliphatic heterocycles. The van der Waals surface area contributed by atoms with Gasteiger partial charge in [-0.15, -0.1) is 24.2 Å². The summed E-state index contributed by atoms with van der Waals surface area (Å²) in [5, 5.41) is 0.577. The molecule has 2 heterocycles. The van der Waals surface area contributed by atoms with Crippen molar-refractivity contribution in [3.63, 3.8) is 0 Å². The highest BCUT2D eigenvalue weighted by molar-refractivity contribution is 7.98. The van der Waals surface area contributed by atoms with E-state index in [-0.39, 0.29) is 34.5 Å². The van der Waals surface area contributed by atoms with Gasteiger partial charge in [0.1, 0.15) is 0 Å². The molecular formula is C23H28ClN3O4S3. The fourth-order valence-corrected chi connectivity index (χ4v) is 6.49. The van der Waals surface area contributed by atoms with E-state index in [9.17, 15) is 13.2 Å². The Bertz CT molecular complexity index is 1240. The molecule has 0 atom stereocenters.